The molecule has 0 radical (unpaired) electrons. The third-order valence-corrected chi connectivity index (χ3v) is 3.70. The van der Waals surface area contributed by atoms with Gasteiger partial charge in [0.2, 0.25) is 5.75 Å². The summed E-state index contributed by atoms with van der Waals surface area (Å²) in [5, 5.41) is 24.4. The lowest BCUT2D eigenvalue weighted by Crippen LogP contribution is -2.17. The molecule has 0 aromatic heterocycles. The maximum Gasteiger partial charge on any atom is 0.315 e. The van der Waals surface area contributed by atoms with Crippen LogP contribution in [-0.2, 0) is 0 Å². The van der Waals surface area contributed by atoms with Crippen molar-refractivity contribution >= 4 is 40.4 Å². The molecular weight excluding hydrogens is 429 g/mol. The van der Waals surface area contributed by atoms with Crippen molar-refractivity contribution in [1.82, 2.24) is 5.43 Å². The topological polar surface area (TPSA) is 114 Å². The van der Waals surface area contributed by atoms with Gasteiger partial charge in [-0.3, -0.25) is 14.9 Å². The van der Waals surface area contributed by atoms with Gasteiger partial charge in [0, 0.05) is 20.8 Å². The van der Waals surface area contributed by atoms with E-state index >= 15 is 0 Å². The van der Waals surface area contributed by atoms with Crippen LogP contribution in [0.15, 0.2) is 41.5 Å². The molecule has 1 amide bonds. The van der Waals surface area contributed by atoms with Crippen molar-refractivity contribution in [3.8, 4) is 11.5 Å². The van der Waals surface area contributed by atoms with Gasteiger partial charge < -0.3 is 9.84 Å². The zero-order chi connectivity index (χ0) is 17.7. The van der Waals surface area contributed by atoms with E-state index in [9.17, 15) is 20.0 Å². The molecule has 9 heteroatoms. The molecule has 0 bridgehead atoms. The third-order valence-electron chi connectivity index (χ3n) is 2.98. The maximum absolute atomic E-state index is 11.9. The standard InChI is InChI=1S/C15H12IN3O5/c1-24-13-7-9(6-12(14(13)20)19(22)23)8-17-18-15(21)10-2-4-11(16)5-3-10/h2-8,20H,1H3,(H,18,21)/b17-8-. The monoisotopic (exact) mass is 441 g/mol. The molecule has 0 spiro atoms. The van der Waals surface area contributed by atoms with Crippen LogP contribution in [0.25, 0.3) is 0 Å². The van der Waals surface area contributed by atoms with E-state index < -0.39 is 22.3 Å². The molecule has 0 saturated carbocycles. The van der Waals surface area contributed by atoms with E-state index in [2.05, 4.69) is 33.1 Å². The minimum atomic E-state index is -0.737. The normalized spacial score (nSPS) is 10.6. The first-order valence-corrected chi connectivity index (χ1v) is 7.64. The van der Waals surface area contributed by atoms with Crippen LogP contribution in [0.3, 0.4) is 0 Å². The quantitative estimate of drug-likeness (QED) is 0.321. The zero-order valence-electron chi connectivity index (χ0n) is 12.4. The first-order valence-electron chi connectivity index (χ1n) is 6.56. The van der Waals surface area contributed by atoms with E-state index in [1.54, 1.807) is 24.3 Å². The number of rotatable bonds is 5. The van der Waals surface area contributed by atoms with Crippen molar-refractivity contribution in [2.75, 3.05) is 7.11 Å². The number of methoxy groups -OCH3 is 1. The molecule has 0 saturated heterocycles. The second kappa shape index (κ2) is 7.73. The summed E-state index contributed by atoms with van der Waals surface area (Å²) in [7, 11) is 1.28. The molecule has 2 rings (SSSR count). The first-order chi connectivity index (χ1) is 11.4. The van der Waals surface area contributed by atoms with Crippen molar-refractivity contribution in [3.05, 3.63) is 61.2 Å². The fourth-order valence-electron chi connectivity index (χ4n) is 1.81. The van der Waals surface area contributed by atoms with Crippen molar-refractivity contribution < 1.29 is 19.6 Å². The number of nitro benzene ring substituents is 1. The Bertz CT molecular complexity index is 806. The fourth-order valence-corrected chi connectivity index (χ4v) is 2.17. The fraction of sp³-hybridized carbons (Fsp3) is 0.0667. The number of ether oxygens (including phenoxy) is 1. The summed E-state index contributed by atoms with van der Waals surface area (Å²) < 4.78 is 5.88. The summed E-state index contributed by atoms with van der Waals surface area (Å²) in [5.74, 6) is -1.04. The molecule has 8 nitrogen and oxygen atoms in total. The summed E-state index contributed by atoms with van der Waals surface area (Å²) in [4.78, 5) is 22.1. The van der Waals surface area contributed by atoms with E-state index in [0.717, 1.165) is 9.64 Å². The molecule has 2 N–H and O–H groups in total. The van der Waals surface area contributed by atoms with E-state index in [1.807, 2.05) is 0 Å². The van der Waals surface area contributed by atoms with Gasteiger partial charge in [0.25, 0.3) is 5.91 Å². The largest absolute Gasteiger partial charge is 0.500 e. The van der Waals surface area contributed by atoms with Crippen molar-refractivity contribution in [2.45, 2.75) is 0 Å². The minimum Gasteiger partial charge on any atom is -0.500 e. The molecule has 2 aromatic carbocycles. The Hall–Kier alpha value is -2.69. The highest BCUT2D eigenvalue weighted by molar-refractivity contribution is 14.1. The third kappa shape index (κ3) is 4.19. The van der Waals surface area contributed by atoms with Crippen LogP contribution >= 0.6 is 22.6 Å². The van der Waals surface area contributed by atoms with Gasteiger partial charge >= 0.3 is 5.69 Å². The molecule has 0 aliphatic rings. The lowest BCUT2D eigenvalue weighted by Gasteiger charge is -2.05. The zero-order valence-corrected chi connectivity index (χ0v) is 14.6. The van der Waals surface area contributed by atoms with Gasteiger partial charge in [-0.2, -0.15) is 5.10 Å². The number of amides is 1. The number of nitrogens with zero attached hydrogens (tertiary/aromatic N) is 2. The lowest BCUT2D eigenvalue weighted by atomic mass is 10.2. The number of benzene rings is 2. The van der Waals surface area contributed by atoms with Gasteiger partial charge in [-0.15, -0.1) is 0 Å². The number of carbonyl (C=O) groups excluding carboxylic acids is 1. The Labute approximate surface area is 150 Å². The predicted octanol–water partition coefficient (Wildman–Crippen LogP) is 2.68. The van der Waals surface area contributed by atoms with Gasteiger partial charge in [-0.25, -0.2) is 5.43 Å². The number of hydrogen-bond acceptors (Lipinski definition) is 6. The highest BCUT2D eigenvalue weighted by atomic mass is 127. The number of hydrogen-bond donors (Lipinski definition) is 2. The van der Waals surface area contributed by atoms with E-state index in [-0.39, 0.29) is 5.75 Å². The van der Waals surface area contributed by atoms with Crippen LogP contribution in [0.2, 0.25) is 0 Å². The van der Waals surface area contributed by atoms with Gasteiger partial charge in [0.15, 0.2) is 5.75 Å². The summed E-state index contributed by atoms with van der Waals surface area (Å²) in [6, 6.07) is 9.37. The Morgan fingerprint density at radius 1 is 1.38 bits per heavy atom. The van der Waals surface area contributed by atoms with Crippen LogP contribution in [0, 0.1) is 13.7 Å². The number of phenols is 1. The molecule has 24 heavy (non-hydrogen) atoms. The average Bonchev–Trinajstić information content (AvgIpc) is 2.56. The highest BCUT2D eigenvalue weighted by Crippen LogP contribution is 2.36. The van der Waals surface area contributed by atoms with Crippen LogP contribution in [0.4, 0.5) is 5.69 Å². The number of nitro groups is 1. The van der Waals surface area contributed by atoms with Crippen LogP contribution in [-0.4, -0.2) is 29.3 Å². The Morgan fingerprint density at radius 3 is 2.62 bits per heavy atom. The van der Waals surface area contributed by atoms with Gasteiger partial charge in [-0.05, 0) is 52.9 Å². The van der Waals surface area contributed by atoms with Crippen LogP contribution in [0.5, 0.6) is 11.5 Å². The molecule has 0 heterocycles. The van der Waals surface area contributed by atoms with Gasteiger partial charge in [-0.1, -0.05) is 0 Å². The van der Waals surface area contributed by atoms with Crippen LogP contribution in [0.1, 0.15) is 15.9 Å². The lowest BCUT2D eigenvalue weighted by molar-refractivity contribution is -0.386. The summed E-state index contributed by atoms with van der Waals surface area (Å²) in [5.41, 5.74) is 2.53. The maximum atomic E-state index is 11.9. The molecule has 2 aromatic rings. The van der Waals surface area contributed by atoms with Gasteiger partial charge in [0.05, 0.1) is 18.2 Å². The smallest absolute Gasteiger partial charge is 0.315 e. The highest BCUT2D eigenvalue weighted by Gasteiger charge is 2.19. The first kappa shape index (κ1) is 17.7. The molecule has 0 aliphatic heterocycles. The van der Waals surface area contributed by atoms with E-state index in [0.29, 0.717) is 11.1 Å². The van der Waals surface area contributed by atoms with E-state index in [4.69, 9.17) is 4.74 Å². The summed E-state index contributed by atoms with van der Waals surface area (Å²) in [6.45, 7) is 0. The van der Waals surface area contributed by atoms with Crippen molar-refractivity contribution in [3.63, 3.8) is 0 Å². The molecule has 0 aliphatic carbocycles. The number of halogens is 1. The average molecular weight is 441 g/mol. The second-order valence-corrected chi connectivity index (χ2v) is 5.80. The molecular formula is C15H12IN3O5. The second-order valence-electron chi connectivity index (χ2n) is 4.55. The van der Waals surface area contributed by atoms with Crippen molar-refractivity contribution in [2.24, 2.45) is 5.10 Å². The summed E-state index contributed by atoms with van der Waals surface area (Å²) >= 11 is 2.13. The minimum absolute atomic E-state index is 0.0605. The molecule has 0 fully saturated rings. The molecule has 0 atom stereocenters. The molecule has 0 unspecified atom stereocenters. The number of hydrazone groups is 1. The Kier molecular flexibility index (Phi) is 5.68. The number of carbonyl (C=O) groups is 1. The summed E-state index contributed by atoms with van der Waals surface area (Å²) in [6.07, 6.45) is 1.22. The van der Waals surface area contributed by atoms with E-state index in [1.165, 1.54) is 19.4 Å². The number of phenolic OH excluding ortho intramolecular Hbond substituents is 1. The Balaban J connectivity index is 2.16. The molecule has 124 valence electrons. The van der Waals surface area contributed by atoms with Gasteiger partial charge in [0.1, 0.15) is 0 Å². The number of aromatic hydroxyl groups is 1. The van der Waals surface area contributed by atoms with Crippen LogP contribution < -0.4 is 10.2 Å². The van der Waals surface area contributed by atoms with Crippen molar-refractivity contribution in [1.29, 1.82) is 0 Å². The SMILES string of the molecule is COc1cc(/C=N\NC(=O)c2ccc(I)cc2)cc([N+](=O)[O-])c1O. The predicted molar refractivity (Wildman–Crippen MR) is 95.5 cm³/mol. The number of nitrogens with one attached hydrogen (secondary N) is 1. The Morgan fingerprint density at radius 2 is 2.04 bits per heavy atom.